The molecule has 1 radical (unpaired) electrons. The number of hydrogen-bond donors (Lipinski definition) is 1. The van der Waals surface area contributed by atoms with Crippen molar-refractivity contribution in [3.05, 3.63) is 6.92 Å². The van der Waals surface area contributed by atoms with Crippen LogP contribution in [0, 0.1) is 6.92 Å². The van der Waals surface area contributed by atoms with Crippen molar-refractivity contribution in [1.29, 1.82) is 0 Å². The van der Waals surface area contributed by atoms with Crippen molar-refractivity contribution in [3.8, 4) is 0 Å². The summed E-state index contributed by atoms with van der Waals surface area (Å²) in [6.07, 6.45) is 2.28. The summed E-state index contributed by atoms with van der Waals surface area (Å²) >= 11 is 0. The molecule has 1 saturated heterocycles. The molecule has 2 nitrogen and oxygen atoms in total. The van der Waals surface area contributed by atoms with Gasteiger partial charge in [0.15, 0.2) is 0 Å². The van der Waals surface area contributed by atoms with Crippen LogP contribution in [0.5, 0.6) is 0 Å². The summed E-state index contributed by atoms with van der Waals surface area (Å²) in [5.74, 6) is 0. The van der Waals surface area contributed by atoms with Gasteiger partial charge < -0.3 is 4.84 Å². The van der Waals surface area contributed by atoms with E-state index in [1.54, 1.807) is 0 Å². The average Bonchev–Trinajstić information content (AvgIpc) is 1.69. The van der Waals surface area contributed by atoms with Crippen molar-refractivity contribution in [3.63, 3.8) is 0 Å². The second kappa shape index (κ2) is 2.28. The minimum absolute atomic E-state index is 0.314. The van der Waals surface area contributed by atoms with E-state index < -0.39 is 0 Å². The molecular weight excluding hydrogens is 90.1 g/mol. The van der Waals surface area contributed by atoms with Gasteiger partial charge in [-0.1, -0.05) is 0 Å². The number of rotatable bonds is 0. The van der Waals surface area contributed by atoms with Crippen molar-refractivity contribution in [2.45, 2.75) is 18.9 Å². The van der Waals surface area contributed by atoms with Crippen LogP contribution in [-0.2, 0) is 4.84 Å². The molecule has 1 rings (SSSR count). The van der Waals surface area contributed by atoms with Crippen molar-refractivity contribution >= 4 is 0 Å². The zero-order valence-electron chi connectivity index (χ0n) is 4.31. The first kappa shape index (κ1) is 5.06. The molecule has 0 aromatic rings. The summed E-state index contributed by atoms with van der Waals surface area (Å²) in [4.78, 5) is 4.87. The molecule has 0 aliphatic carbocycles. The maximum absolute atomic E-state index is 4.87. The Morgan fingerprint density at radius 1 is 1.71 bits per heavy atom. The van der Waals surface area contributed by atoms with E-state index in [1.165, 1.54) is 0 Å². The Morgan fingerprint density at radius 2 is 2.57 bits per heavy atom. The predicted molar refractivity (Wildman–Crippen MR) is 27.5 cm³/mol. The Bertz CT molecular complexity index is 50.0. The Labute approximate surface area is 43.8 Å². The van der Waals surface area contributed by atoms with Crippen LogP contribution in [0.3, 0.4) is 0 Å². The van der Waals surface area contributed by atoms with Crippen molar-refractivity contribution in [1.82, 2.24) is 5.48 Å². The number of hydroxylamine groups is 1. The minimum Gasteiger partial charge on any atom is -0.302 e. The minimum atomic E-state index is 0.314. The first-order valence-corrected chi connectivity index (χ1v) is 2.60. The highest BCUT2D eigenvalue weighted by atomic mass is 16.6. The molecule has 0 spiro atoms. The lowest BCUT2D eigenvalue weighted by Gasteiger charge is -2.18. The quantitative estimate of drug-likeness (QED) is 0.478. The Morgan fingerprint density at radius 3 is 2.86 bits per heavy atom. The van der Waals surface area contributed by atoms with E-state index in [9.17, 15) is 0 Å². The lowest BCUT2D eigenvalue weighted by molar-refractivity contribution is -0.00711. The average molecular weight is 100 g/mol. The van der Waals surface area contributed by atoms with Crippen LogP contribution in [0.1, 0.15) is 12.8 Å². The van der Waals surface area contributed by atoms with Gasteiger partial charge in [-0.15, -0.1) is 0 Å². The van der Waals surface area contributed by atoms with E-state index >= 15 is 0 Å². The Kier molecular flexibility index (Phi) is 1.65. The van der Waals surface area contributed by atoms with Crippen molar-refractivity contribution in [2.24, 2.45) is 0 Å². The Balaban J connectivity index is 2.12. The third kappa shape index (κ3) is 1.45. The fraction of sp³-hybridized carbons (Fsp3) is 0.800. The maximum atomic E-state index is 4.87. The zero-order valence-corrected chi connectivity index (χ0v) is 4.31. The third-order valence-electron chi connectivity index (χ3n) is 1.05. The van der Waals surface area contributed by atoms with Crippen LogP contribution < -0.4 is 5.48 Å². The summed E-state index contributed by atoms with van der Waals surface area (Å²) < 4.78 is 0. The van der Waals surface area contributed by atoms with Crippen LogP contribution in [0.4, 0.5) is 0 Å². The number of hydrogen-bond acceptors (Lipinski definition) is 2. The van der Waals surface area contributed by atoms with Crippen molar-refractivity contribution in [2.75, 3.05) is 6.61 Å². The smallest absolute Gasteiger partial charge is 0.0682 e. The topological polar surface area (TPSA) is 21.3 Å². The monoisotopic (exact) mass is 100 g/mol. The molecule has 1 heterocycles. The molecule has 1 aliphatic rings. The van der Waals surface area contributed by atoms with E-state index in [4.69, 9.17) is 4.84 Å². The molecule has 0 saturated carbocycles. The second-order valence-corrected chi connectivity index (χ2v) is 1.81. The van der Waals surface area contributed by atoms with Gasteiger partial charge in [-0.05, 0) is 19.8 Å². The first-order valence-electron chi connectivity index (χ1n) is 2.60. The predicted octanol–water partition coefficient (Wildman–Crippen LogP) is 0.504. The second-order valence-electron chi connectivity index (χ2n) is 1.81. The van der Waals surface area contributed by atoms with E-state index in [0.29, 0.717) is 6.04 Å². The summed E-state index contributed by atoms with van der Waals surface area (Å²) in [6, 6.07) is 0.314. The molecule has 0 aromatic carbocycles. The molecule has 2 heteroatoms. The summed E-state index contributed by atoms with van der Waals surface area (Å²) in [6.45, 7) is 4.60. The molecule has 41 valence electrons. The van der Waals surface area contributed by atoms with Crippen LogP contribution in [0.25, 0.3) is 0 Å². The van der Waals surface area contributed by atoms with Crippen molar-refractivity contribution < 1.29 is 4.84 Å². The lowest BCUT2D eigenvalue weighted by atomic mass is 10.2. The highest BCUT2D eigenvalue weighted by Crippen LogP contribution is 2.00. The van der Waals surface area contributed by atoms with Gasteiger partial charge in [0.05, 0.1) is 6.61 Å². The summed E-state index contributed by atoms with van der Waals surface area (Å²) in [5, 5.41) is 0. The van der Waals surface area contributed by atoms with Crippen LogP contribution >= 0.6 is 0 Å². The molecular formula is C5H10NO. The molecule has 0 bridgehead atoms. The van der Waals surface area contributed by atoms with E-state index in [1.807, 2.05) is 0 Å². The van der Waals surface area contributed by atoms with Gasteiger partial charge in [0.25, 0.3) is 0 Å². The molecule has 0 amide bonds. The van der Waals surface area contributed by atoms with Crippen LogP contribution in [0.15, 0.2) is 0 Å². The standard InChI is InChI=1S/C5H10NO/c1-5-3-2-4-7-6-5/h5-6H,1-4H2. The first-order chi connectivity index (χ1) is 3.39. The SMILES string of the molecule is [CH2]C1CCCON1. The van der Waals surface area contributed by atoms with Crippen LogP contribution in [0.2, 0.25) is 0 Å². The molecule has 1 atom stereocenters. The molecule has 0 aromatic heterocycles. The summed E-state index contributed by atoms with van der Waals surface area (Å²) in [5.41, 5.74) is 2.77. The lowest BCUT2D eigenvalue weighted by Crippen LogP contribution is -2.31. The van der Waals surface area contributed by atoms with Crippen LogP contribution in [-0.4, -0.2) is 12.6 Å². The fourth-order valence-electron chi connectivity index (χ4n) is 0.638. The zero-order chi connectivity index (χ0) is 5.11. The van der Waals surface area contributed by atoms with Gasteiger partial charge in [-0.2, -0.15) is 5.48 Å². The maximum Gasteiger partial charge on any atom is 0.0682 e. The number of nitrogens with one attached hydrogen (secondary N) is 1. The molecule has 1 N–H and O–H groups in total. The van der Waals surface area contributed by atoms with Gasteiger partial charge in [-0.25, -0.2) is 0 Å². The van der Waals surface area contributed by atoms with Gasteiger partial charge in [-0.3, -0.25) is 0 Å². The van der Waals surface area contributed by atoms with E-state index in [-0.39, 0.29) is 0 Å². The summed E-state index contributed by atoms with van der Waals surface area (Å²) in [7, 11) is 0. The highest BCUT2D eigenvalue weighted by molar-refractivity contribution is 4.66. The van der Waals surface area contributed by atoms with Gasteiger partial charge in [0.1, 0.15) is 0 Å². The van der Waals surface area contributed by atoms with Gasteiger partial charge >= 0.3 is 0 Å². The van der Waals surface area contributed by atoms with Gasteiger partial charge in [0, 0.05) is 6.04 Å². The normalized spacial score (nSPS) is 33.0. The Hall–Kier alpha value is -0.0800. The van der Waals surface area contributed by atoms with E-state index in [2.05, 4.69) is 12.4 Å². The molecule has 1 fully saturated rings. The highest BCUT2D eigenvalue weighted by Gasteiger charge is 2.05. The fourth-order valence-corrected chi connectivity index (χ4v) is 0.638. The molecule has 1 unspecified atom stereocenters. The largest absolute Gasteiger partial charge is 0.302 e. The molecule has 1 aliphatic heterocycles. The van der Waals surface area contributed by atoms with Gasteiger partial charge in [0.2, 0.25) is 0 Å². The molecule has 7 heavy (non-hydrogen) atoms. The van der Waals surface area contributed by atoms with E-state index in [0.717, 1.165) is 19.4 Å². The third-order valence-corrected chi connectivity index (χ3v) is 1.05.